The van der Waals surface area contributed by atoms with Gasteiger partial charge in [-0.05, 0) is 128 Å². The number of carbonyl (C=O) groups excluding carboxylic acids is 4. The molecular formula is C75H128O17P2. The molecule has 0 bridgehead atoms. The Bertz CT molecular complexity index is 2220. The van der Waals surface area contributed by atoms with Gasteiger partial charge in [0.2, 0.25) is 0 Å². The maximum atomic E-state index is 13.0. The third-order valence-electron chi connectivity index (χ3n) is 14.7. The van der Waals surface area contributed by atoms with Crippen LogP contribution < -0.4 is 0 Å². The van der Waals surface area contributed by atoms with Crippen molar-refractivity contribution in [2.75, 3.05) is 39.6 Å². The maximum absolute atomic E-state index is 13.0. The summed E-state index contributed by atoms with van der Waals surface area (Å²) in [4.78, 5) is 72.5. The fourth-order valence-electron chi connectivity index (χ4n) is 9.18. The molecule has 0 aromatic heterocycles. The number of phosphoric acid groups is 2. The molecule has 0 aliphatic rings. The van der Waals surface area contributed by atoms with Crippen molar-refractivity contribution in [3.63, 3.8) is 0 Å². The molecule has 0 aromatic rings. The number of esters is 4. The summed E-state index contributed by atoms with van der Waals surface area (Å²) in [6, 6.07) is 0. The van der Waals surface area contributed by atoms with Crippen LogP contribution in [0.15, 0.2) is 109 Å². The Morgan fingerprint density at radius 1 is 0.319 bits per heavy atom. The van der Waals surface area contributed by atoms with Gasteiger partial charge in [0.05, 0.1) is 32.8 Å². The van der Waals surface area contributed by atoms with E-state index in [1.54, 1.807) is 6.08 Å². The second-order valence-corrected chi connectivity index (χ2v) is 26.7. The van der Waals surface area contributed by atoms with Crippen molar-refractivity contribution < 1.29 is 80.2 Å². The largest absolute Gasteiger partial charge is 0.472 e. The lowest BCUT2D eigenvalue weighted by molar-refractivity contribution is -0.161. The zero-order chi connectivity index (χ0) is 69.0. The second kappa shape index (κ2) is 67.3. The molecule has 0 radical (unpaired) electrons. The van der Waals surface area contributed by atoms with Crippen LogP contribution in [0, 0.1) is 0 Å². The Labute approximate surface area is 569 Å². The van der Waals surface area contributed by atoms with E-state index < -0.39 is 97.5 Å². The Balaban J connectivity index is 5.42. The van der Waals surface area contributed by atoms with Gasteiger partial charge >= 0.3 is 39.5 Å². The smallest absolute Gasteiger partial charge is 0.462 e. The average Bonchev–Trinajstić information content (AvgIpc) is 1.36. The molecule has 3 N–H and O–H groups in total. The van der Waals surface area contributed by atoms with Gasteiger partial charge in [-0.1, -0.05) is 240 Å². The van der Waals surface area contributed by atoms with Crippen LogP contribution in [0.1, 0.15) is 285 Å². The van der Waals surface area contributed by atoms with E-state index in [-0.39, 0.29) is 25.7 Å². The van der Waals surface area contributed by atoms with E-state index in [0.29, 0.717) is 25.7 Å². The number of aliphatic hydroxyl groups excluding tert-OH is 1. The first-order valence-corrected chi connectivity index (χ1v) is 39.1. The average molecular weight is 1360 g/mol. The summed E-state index contributed by atoms with van der Waals surface area (Å²) in [5, 5.41) is 10.6. The molecule has 17 nitrogen and oxygen atoms in total. The van der Waals surface area contributed by atoms with Crippen molar-refractivity contribution in [3.05, 3.63) is 109 Å². The summed E-state index contributed by atoms with van der Waals surface area (Å²) in [7, 11) is -9.97. The van der Waals surface area contributed by atoms with E-state index in [4.69, 9.17) is 37.0 Å². The van der Waals surface area contributed by atoms with Gasteiger partial charge in [-0.25, -0.2) is 9.13 Å². The third-order valence-corrected chi connectivity index (χ3v) is 16.6. The summed E-state index contributed by atoms with van der Waals surface area (Å²) in [5.74, 6) is -2.36. The van der Waals surface area contributed by atoms with E-state index in [2.05, 4.69) is 113 Å². The van der Waals surface area contributed by atoms with Crippen LogP contribution in [0.4, 0.5) is 0 Å². The molecule has 94 heavy (non-hydrogen) atoms. The predicted octanol–water partition coefficient (Wildman–Crippen LogP) is 20.2. The molecule has 5 atom stereocenters. The Kier molecular flexibility index (Phi) is 64.2. The molecule has 0 aromatic carbocycles. The van der Waals surface area contributed by atoms with Gasteiger partial charge in [-0.15, -0.1) is 0 Å². The molecule has 0 amide bonds. The Morgan fingerprint density at radius 2 is 0.606 bits per heavy atom. The van der Waals surface area contributed by atoms with E-state index >= 15 is 0 Å². The molecule has 0 saturated carbocycles. The number of hydrogen-bond donors (Lipinski definition) is 3. The third kappa shape index (κ3) is 66.3. The minimum absolute atomic E-state index is 0.0579. The number of ether oxygens (including phenoxy) is 4. The topological polar surface area (TPSA) is 237 Å². The normalized spacial score (nSPS) is 14.7. The monoisotopic (exact) mass is 1360 g/mol. The molecule has 0 aliphatic carbocycles. The van der Waals surface area contributed by atoms with Crippen LogP contribution in [0.25, 0.3) is 0 Å². The summed E-state index contributed by atoms with van der Waals surface area (Å²) < 4.78 is 68.1. The highest BCUT2D eigenvalue weighted by Crippen LogP contribution is 2.45. The molecule has 19 heteroatoms. The highest BCUT2D eigenvalue weighted by molar-refractivity contribution is 7.47. The first kappa shape index (κ1) is 89.7. The molecule has 0 saturated heterocycles. The van der Waals surface area contributed by atoms with Crippen LogP contribution in [0.2, 0.25) is 0 Å². The first-order chi connectivity index (χ1) is 45.7. The highest BCUT2D eigenvalue weighted by Gasteiger charge is 2.30. The van der Waals surface area contributed by atoms with E-state index in [1.807, 2.05) is 18.2 Å². The van der Waals surface area contributed by atoms with Crippen molar-refractivity contribution >= 4 is 39.5 Å². The zero-order valence-corrected chi connectivity index (χ0v) is 60.4. The SMILES string of the molecule is CC/C=C\C/C=C\C/C=C\C/C=C\C/C=C\CC(=O)OCC(COP(=O)(O)OCC(O)COP(=O)(O)OCC(COC(=O)CCCCCCC/C=C\CCCCCC)OC(=O)CCCCCCC/C=C\CCCC)OC(=O)CCCCCCC/C=C\C/C=C\CCCCC. The Hall–Kier alpha value is -4.28. The lowest BCUT2D eigenvalue weighted by Crippen LogP contribution is -2.30. The minimum Gasteiger partial charge on any atom is -0.462 e. The molecule has 0 heterocycles. The van der Waals surface area contributed by atoms with Gasteiger partial charge in [0.25, 0.3) is 0 Å². The number of allylic oxidation sites excluding steroid dienone is 17. The molecule has 0 rings (SSSR count). The number of phosphoric ester groups is 2. The summed E-state index contributed by atoms with van der Waals surface area (Å²) in [6.07, 6.45) is 69.9. The molecule has 0 spiro atoms. The van der Waals surface area contributed by atoms with Crippen molar-refractivity contribution in [3.8, 4) is 0 Å². The maximum Gasteiger partial charge on any atom is 0.472 e. The minimum atomic E-state index is -4.99. The van der Waals surface area contributed by atoms with Crippen molar-refractivity contribution in [1.29, 1.82) is 0 Å². The van der Waals surface area contributed by atoms with Gasteiger partial charge in [-0.2, -0.15) is 0 Å². The van der Waals surface area contributed by atoms with Gasteiger partial charge in [0.15, 0.2) is 12.2 Å². The van der Waals surface area contributed by atoms with Gasteiger partial charge < -0.3 is 33.8 Å². The summed E-state index contributed by atoms with van der Waals surface area (Å²) in [6.45, 7) is 4.51. The first-order valence-electron chi connectivity index (χ1n) is 36.1. The van der Waals surface area contributed by atoms with Crippen LogP contribution >= 0.6 is 15.6 Å². The van der Waals surface area contributed by atoms with E-state index in [1.165, 1.54) is 57.8 Å². The zero-order valence-electron chi connectivity index (χ0n) is 58.6. The fraction of sp³-hybridized carbons (Fsp3) is 0.707. The standard InChI is InChI=1S/C75H128O17P2/c1-5-9-13-17-21-25-29-32-34-37-41-44-48-52-56-60-73(78)86-66-71(92-75(80)62-58-54-50-46-42-38-35-33-30-26-22-18-14-10-6-2)68-90-94(83,84)88-64-69(76)63-87-93(81,82)89-67-70(91-74(79)61-57-53-49-45-39-28-24-20-16-12-8-4)65-85-72(77)59-55-51-47-43-40-36-31-27-23-19-15-11-7-3/h9,13,20-22,24-27,31-35,41,44,52,56,69-71,76H,5-8,10-12,14-19,23,28-30,36-40,42-43,45-51,53-55,57-68H2,1-4H3,(H,81,82)(H,83,84)/b13-9-,24-20-,25-21-,26-22-,31-27-,34-32-,35-33-,44-41-,56-52-. The van der Waals surface area contributed by atoms with Crippen LogP contribution in [0.3, 0.4) is 0 Å². The molecule has 5 unspecified atom stereocenters. The fourth-order valence-corrected chi connectivity index (χ4v) is 10.8. The predicted molar refractivity (Wildman–Crippen MR) is 381 cm³/mol. The van der Waals surface area contributed by atoms with Crippen LogP contribution in [-0.4, -0.2) is 96.7 Å². The van der Waals surface area contributed by atoms with Gasteiger partial charge in [0, 0.05) is 19.3 Å². The Morgan fingerprint density at radius 3 is 1.01 bits per heavy atom. The summed E-state index contributed by atoms with van der Waals surface area (Å²) >= 11 is 0. The van der Waals surface area contributed by atoms with Gasteiger partial charge in [-0.3, -0.25) is 37.3 Å². The van der Waals surface area contributed by atoms with Gasteiger partial charge in [0.1, 0.15) is 19.3 Å². The number of hydrogen-bond acceptors (Lipinski definition) is 15. The molecular weight excluding hydrogens is 1230 g/mol. The number of rotatable bonds is 67. The van der Waals surface area contributed by atoms with E-state index in [0.717, 1.165) is 148 Å². The number of aliphatic hydroxyl groups is 1. The lowest BCUT2D eigenvalue weighted by Gasteiger charge is -2.21. The van der Waals surface area contributed by atoms with Crippen molar-refractivity contribution in [2.45, 2.75) is 303 Å². The highest BCUT2D eigenvalue weighted by atomic mass is 31.2. The number of carbonyl (C=O) groups is 4. The van der Waals surface area contributed by atoms with Crippen LogP contribution in [0.5, 0.6) is 0 Å². The van der Waals surface area contributed by atoms with Crippen LogP contribution in [-0.2, 0) is 65.4 Å². The molecule has 0 fully saturated rings. The summed E-state index contributed by atoms with van der Waals surface area (Å²) in [5.41, 5.74) is 0. The quantitative estimate of drug-likeness (QED) is 0.0169. The molecule has 540 valence electrons. The number of unbranched alkanes of at least 4 members (excludes halogenated alkanes) is 24. The molecule has 0 aliphatic heterocycles. The van der Waals surface area contributed by atoms with Crippen molar-refractivity contribution in [1.82, 2.24) is 0 Å². The van der Waals surface area contributed by atoms with Crippen molar-refractivity contribution in [2.24, 2.45) is 0 Å². The van der Waals surface area contributed by atoms with E-state index in [9.17, 15) is 43.2 Å². The lowest BCUT2D eigenvalue weighted by atomic mass is 10.1. The second-order valence-electron chi connectivity index (χ2n) is 23.8.